The second-order valence-corrected chi connectivity index (χ2v) is 8.26. The number of nitrogens with one attached hydrogen (secondary N) is 2. The molecule has 1 saturated carbocycles. The number of alkyl halides is 3. The van der Waals surface area contributed by atoms with Gasteiger partial charge in [-0.3, -0.25) is 0 Å². The number of benzene rings is 1. The molecule has 9 heteroatoms. The normalized spacial score (nSPS) is 18.4. The highest BCUT2D eigenvalue weighted by Gasteiger charge is 2.35. The molecule has 2 heterocycles. The van der Waals surface area contributed by atoms with Crippen molar-refractivity contribution in [3.05, 3.63) is 65.7 Å². The summed E-state index contributed by atoms with van der Waals surface area (Å²) in [6.45, 7) is 1.76. The number of nitrogens with zero attached hydrogens (tertiary/aromatic N) is 2. The first kappa shape index (κ1) is 21.5. The molecule has 0 radical (unpaired) electrons. The molecule has 3 aromatic rings. The Bertz CT molecular complexity index is 1070. The number of pyridine rings is 2. The Morgan fingerprint density at radius 3 is 2.45 bits per heavy atom. The van der Waals surface area contributed by atoms with Crippen LogP contribution in [0.15, 0.2) is 59.6 Å². The Morgan fingerprint density at radius 2 is 1.74 bits per heavy atom. The summed E-state index contributed by atoms with van der Waals surface area (Å²) in [5, 5.41) is 13.3. The number of aliphatic hydroxyl groups excluding tert-OH is 1. The first-order valence-electron chi connectivity index (χ1n) is 9.78. The lowest BCUT2D eigenvalue weighted by molar-refractivity contribution is -0.137. The van der Waals surface area contributed by atoms with E-state index in [2.05, 4.69) is 20.0 Å². The molecule has 1 aromatic carbocycles. The largest absolute Gasteiger partial charge is 0.418 e. The van der Waals surface area contributed by atoms with E-state index in [-0.39, 0.29) is 17.8 Å². The van der Waals surface area contributed by atoms with E-state index in [0.717, 1.165) is 6.07 Å². The van der Waals surface area contributed by atoms with Crippen LogP contribution >= 0.6 is 11.9 Å². The third-order valence-electron chi connectivity index (χ3n) is 5.05. The highest BCUT2D eigenvalue weighted by atomic mass is 32.2. The fourth-order valence-corrected chi connectivity index (χ4v) is 3.97. The van der Waals surface area contributed by atoms with Crippen molar-refractivity contribution in [3.63, 3.8) is 0 Å². The van der Waals surface area contributed by atoms with E-state index in [1.807, 2.05) is 12.1 Å². The predicted octanol–water partition coefficient (Wildman–Crippen LogP) is 5.53. The lowest BCUT2D eigenvalue weighted by Gasteiger charge is -2.32. The van der Waals surface area contributed by atoms with Gasteiger partial charge in [0, 0.05) is 23.6 Å². The van der Waals surface area contributed by atoms with Gasteiger partial charge in [0.1, 0.15) is 16.7 Å². The van der Waals surface area contributed by atoms with E-state index in [0.29, 0.717) is 40.6 Å². The zero-order valence-electron chi connectivity index (χ0n) is 16.6. The number of rotatable bonds is 6. The minimum atomic E-state index is -4.51. The summed E-state index contributed by atoms with van der Waals surface area (Å²) >= 11 is 1.17. The summed E-state index contributed by atoms with van der Waals surface area (Å²) in [5.41, 5.74) is 0.273. The SMILES string of the molecule is Cc1ccccc1-c1nc(NSc2cccc(N[C@H]3C[C@@H](O)C3)n2)ccc1C(F)(F)F. The first-order valence-corrected chi connectivity index (χ1v) is 10.6. The molecular formula is C22H21F3N4OS. The fraction of sp³-hybridized carbons (Fsp3) is 0.273. The van der Waals surface area contributed by atoms with Crippen LogP contribution in [0, 0.1) is 6.92 Å². The lowest BCUT2D eigenvalue weighted by Crippen LogP contribution is -2.39. The van der Waals surface area contributed by atoms with Gasteiger partial charge in [-0.1, -0.05) is 30.3 Å². The summed E-state index contributed by atoms with van der Waals surface area (Å²) in [5.74, 6) is 0.989. The molecule has 0 amide bonds. The molecule has 1 aliphatic carbocycles. The number of hydrogen-bond acceptors (Lipinski definition) is 6. The Labute approximate surface area is 182 Å². The smallest absolute Gasteiger partial charge is 0.393 e. The van der Waals surface area contributed by atoms with E-state index in [1.54, 1.807) is 37.3 Å². The number of halogens is 3. The highest BCUT2D eigenvalue weighted by Crippen LogP contribution is 2.38. The molecule has 0 spiro atoms. The molecule has 1 fully saturated rings. The van der Waals surface area contributed by atoms with Gasteiger partial charge in [-0.2, -0.15) is 13.2 Å². The maximum absolute atomic E-state index is 13.6. The van der Waals surface area contributed by atoms with E-state index in [9.17, 15) is 18.3 Å². The number of anilines is 2. The summed E-state index contributed by atoms with van der Waals surface area (Å²) in [6.07, 6.45) is -3.39. The van der Waals surface area contributed by atoms with Crippen molar-refractivity contribution in [2.24, 2.45) is 0 Å². The van der Waals surface area contributed by atoms with Crippen LogP contribution < -0.4 is 10.0 Å². The molecule has 3 N–H and O–H groups in total. The van der Waals surface area contributed by atoms with Gasteiger partial charge in [0.05, 0.1) is 17.4 Å². The van der Waals surface area contributed by atoms with Crippen LogP contribution in [0.4, 0.5) is 24.8 Å². The van der Waals surface area contributed by atoms with Gasteiger partial charge in [0.2, 0.25) is 0 Å². The van der Waals surface area contributed by atoms with Crippen molar-refractivity contribution in [2.75, 3.05) is 10.0 Å². The molecule has 5 nitrogen and oxygen atoms in total. The van der Waals surface area contributed by atoms with Gasteiger partial charge in [-0.15, -0.1) is 0 Å². The van der Waals surface area contributed by atoms with Crippen LogP contribution in [0.1, 0.15) is 24.0 Å². The Morgan fingerprint density at radius 1 is 0.968 bits per heavy atom. The van der Waals surface area contributed by atoms with Gasteiger partial charge in [0.15, 0.2) is 0 Å². The first-order chi connectivity index (χ1) is 14.8. The van der Waals surface area contributed by atoms with Crippen molar-refractivity contribution < 1.29 is 18.3 Å². The van der Waals surface area contributed by atoms with Gasteiger partial charge in [-0.25, -0.2) is 9.97 Å². The predicted molar refractivity (Wildman–Crippen MR) is 116 cm³/mol. The van der Waals surface area contributed by atoms with Crippen molar-refractivity contribution in [3.8, 4) is 11.3 Å². The maximum Gasteiger partial charge on any atom is 0.418 e. The molecule has 1 aliphatic rings. The average molecular weight is 446 g/mol. The molecule has 0 unspecified atom stereocenters. The molecule has 0 atom stereocenters. The second-order valence-electron chi connectivity index (χ2n) is 7.44. The average Bonchev–Trinajstić information content (AvgIpc) is 2.71. The molecule has 4 rings (SSSR count). The molecule has 0 aliphatic heterocycles. The summed E-state index contributed by atoms with van der Waals surface area (Å²) in [7, 11) is 0. The lowest BCUT2D eigenvalue weighted by atomic mass is 9.89. The van der Waals surface area contributed by atoms with Crippen LogP contribution in [0.3, 0.4) is 0 Å². The Balaban J connectivity index is 1.53. The topological polar surface area (TPSA) is 70.1 Å². The van der Waals surface area contributed by atoms with E-state index < -0.39 is 11.7 Å². The maximum atomic E-state index is 13.6. The third kappa shape index (κ3) is 5.11. The molecule has 31 heavy (non-hydrogen) atoms. The van der Waals surface area contributed by atoms with Crippen LogP contribution in [0.25, 0.3) is 11.3 Å². The molecule has 0 saturated heterocycles. The van der Waals surface area contributed by atoms with Crippen LogP contribution in [-0.2, 0) is 6.18 Å². The second kappa shape index (κ2) is 8.76. The van der Waals surface area contributed by atoms with Crippen LogP contribution in [0.2, 0.25) is 0 Å². The molecular weight excluding hydrogens is 425 g/mol. The fourth-order valence-electron chi connectivity index (χ4n) is 3.36. The number of aliphatic hydroxyl groups is 1. The van der Waals surface area contributed by atoms with Crippen molar-refractivity contribution >= 4 is 23.6 Å². The van der Waals surface area contributed by atoms with Crippen molar-refractivity contribution in [1.82, 2.24) is 9.97 Å². The van der Waals surface area contributed by atoms with E-state index >= 15 is 0 Å². The van der Waals surface area contributed by atoms with Crippen molar-refractivity contribution in [2.45, 2.75) is 43.1 Å². The molecule has 2 aromatic heterocycles. The molecule has 162 valence electrons. The Hall–Kier alpha value is -2.78. The standard InChI is InChI=1S/C22H21F3N4OS/c1-13-5-2-3-6-16(13)21-17(22(23,24)25)9-10-19(28-21)29-31-20-8-4-7-18(27-20)26-14-11-15(30)12-14/h2-10,14-15,30H,11-12H2,1H3,(H,26,27)(H,28,29)/t14-,15+. The van der Waals surface area contributed by atoms with E-state index in [4.69, 9.17) is 0 Å². The van der Waals surface area contributed by atoms with Gasteiger partial charge in [0.25, 0.3) is 0 Å². The zero-order valence-corrected chi connectivity index (χ0v) is 17.5. The molecule has 0 bridgehead atoms. The summed E-state index contributed by atoms with van der Waals surface area (Å²) in [6, 6.07) is 14.9. The van der Waals surface area contributed by atoms with Gasteiger partial charge < -0.3 is 15.1 Å². The van der Waals surface area contributed by atoms with E-state index in [1.165, 1.54) is 18.0 Å². The Kier molecular flexibility index (Phi) is 6.06. The number of hydrogen-bond donors (Lipinski definition) is 3. The number of aromatic nitrogens is 2. The van der Waals surface area contributed by atoms with Crippen LogP contribution in [-0.4, -0.2) is 27.2 Å². The minimum absolute atomic E-state index is 0.108. The quantitative estimate of drug-likeness (QED) is 0.433. The highest BCUT2D eigenvalue weighted by molar-refractivity contribution is 8.00. The number of aryl methyl sites for hydroxylation is 1. The van der Waals surface area contributed by atoms with Gasteiger partial charge >= 0.3 is 6.18 Å². The van der Waals surface area contributed by atoms with Crippen LogP contribution in [0.5, 0.6) is 0 Å². The summed E-state index contributed by atoms with van der Waals surface area (Å²) < 4.78 is 43.7. The van der Waals surface area contributed by atoms with Gasteiger partial charge in [-0.05, 0) is 49.6 Å². The minimum Gasteiger partial charge on any atom is -0.393 e. The summed E-state index contributed by atoms with van der Waals surface area (Å²) in [4.78, 5) is 8.75. The third-order valence-corrected chi connectivity index (χ3v) is 5.80. The zero-order chi connectivity index (χ0) is 22.0. The van der Waals surface area contributed by atoms with Crippen molar-refractivity contribution in [1.29, 1.82) is 0 Å². The monoisotopic (exact) mass is 446 g/mol.